The van der Waals surface area contributed by atoms with Crippen molar-refractivity contribution in [2.24, 2.45) is 5.73 Å². The summed E-state index contributed by atoms with van der Waals surface area (Å²) in [4.78, 5) is 21.4. The summed E-state index contributed by atoms with van der Waals surface area (Å²) >= 11 is 0. The minimum atomic E-state index is -0.479. The smallest absolute Gasteiger partial charge is 0.270 e. The Kier molecular flexibility index (Phi) is 5.01. The van der Waals surface area contributed by atoms with Crippen molar-refractivity contribution in [2.75, 3.05) is 6.54 Å². The summed E-state index contributed by atoms with van der Waals surface area (Å²) in [5.74, 6) is -0.279. The average molecular weight is 249 g/mol. The van der Waals surface area contributed by atoms with E-state index >= 15 is 0 Å². The molecule has 0 saturated carbocycles. The quantitative estimate of drug-likeness (QED) is 0.463. The van der Waals surface area contributed by atoms with Crippen LogP contribution < -0.4 is 11.1 Å². The maximum Gasteiger partial charge on any atom is 0.270 e. The number of rotatable bonds is 5. The Morgan fingerprint density at radius 3 is 2.94 bits per heavy atom. The zero-order valence-electron chi connectivity index (χ0n) is 10.00. The van der Waals surface area contributed by atoms with Gasteiger partial charge in [0.2, 0.25) is 5.91 Å². The lowest BCUT2D eigenvalue weighted by molar-refractivity contribution is -0.384. The molecule has 0 spiro atoms. The Labute approximate surface area is 105 Å². The van der Waals surface area contributed by atoms with Gasteiger partial charge in [-0.2, -0.15) is 0 Å². The van der Waals surface area contributed by atoms with Gasteiger partial charge in [-0.15, -0.1) is 0 Å². The van der Waals surface area contributed by atoms with Gasteiger partial charge in [-0.05, 0) is 18.6 Å². The molecule has 0 heterocycles. The minimum Gasteiger partial charge on any atom is -0.351 e. The lowest BCUT2D eigenvalue weighted by Crippen LogP contribution is -2.34. The van der Waals surface area contributed by atoms with Crippen LogP contribution in [0.25, 0.3) is 6.08 Å². The van der Waals surface area contributed by atoms with Gasteiger partial charge in [-0.1, -0.05) is 12.1 Å². The number of nitrogens with two attached hydrogens (primary N) is 1. The van der Waals surface area contributed by atoms with Gasteiger partial charge in [0.15, 0.2) is 0 Å². The van der Waals surface area contributed by atoms with E-state index in [-0.39, 0.29) is 17.6 Å². The molecule has 1 amide bonds. The van der Waals surface area contributed by atoms with Crippen molar-refractivity contribution in [3.63, 3.8) is 0 Å². The highest BCUT2D eigenvalue weighted by atomic mass is 16.6. The molecule has 0 saturated heterocycles. The second-order valence-electron chi connectivity index (χ2n) is 3.91. The van der Waals surface area contributed by atoms with Gasteiger partial charge in [0.05, 0.1) is 4.92 Å². The first kappa shape index (κ1) is 13.9. The summed E-state index contributed by atoms with van der Waals surface area (Å²) < 4.78 is 0. The van der Waals surface area contributed by atoms with E-state index in [1.807, 2.05) is 0 Å². The largest absolute Gasteiger partial charge is 0.351 e. The maximum absolute atomic E-state index is 11.4. The van der Waals surface area contributed by atoms with E-state index < -0.39 is 4.92 Å². The number of hydrogen-bond acceptors (Lipinski definition) is 4. The standard InChI is InChI=1S/C12H15N3O3/c1-9(13)8-14-12(16)6-5-10-3-2-4-11(7-10)15(17)18/h2-7,9H,8,13H2,1H3,(H,14,16)/b6-5+. The fourth-order valence-electron chi connectivity index (χ4n) is 1.23. The molecule has 0 aromatic heterocycles. The number of hydrogen-bond donors (Lipinski definition) is 2. The first-order valence-corrected chi connectivity index (χ1v) is 5.45. The SMILES string of the molecule is CC(N)CNC(=O)/C=C/c1cccc([N+](=O)[O-])c1. The number of carbonyl (C=O) groups is 1. The van der Waals surface area contributed by atoms with Gasteiger partial charge >= 0.3 is 0 Å². The average Bonchev–Trinajstić information content (AvgIpc) is 2.34. The Hall–Kier alpha value is -2.21. The summed E-state index contributed by atoms with van der Waals surface area (Å²) in [7, 11) is 0. The molecule has 1 unspecified atom stereocenters. The van der Waals surface area contributed by atoms with Crippen LogP contribution in [-0.2, 0) is 4.79 Å². The molecule has 96 valence electrons. The van der Waals surface area contributed by atoms with Crippen LogP contribution in [0.3, 0.4) is 0 Å². The first-order valence-electron chi connectivity index (χ1n) is 5.45. The molecule has 0 aliphatic carbocycles. The second kappa shape index (κ2) is 6.51. The van der Waals surface area contributed by atoms with Crippen molar-refractivity contribution in [3.8, 4) is 0 Å². The van der Waals surface area contributed by atoms with E-state index in [9.17, 15) is 14.9 Å². The van der Waals surface area contributed by atoms with Crippen LogP contribution in [0.5, 0.6) is 0 Å². The van der Waals surface area contributed by atoms with Gasteiger partial charge < -0.3 is 11.1 Å². The Morgan fingerprint density at radius 1 is 1.61 bits per heavy atom. The molecule has 0 fully saturated rings. The normalized spacial score (nSPS) is 12.3. The van der Waals surface area contributed by atoms with Crippen LogP contribution in [0.4, 0.5) is 5.69 Å². The lowest BCUT2D eigenvalue weighted by atomic mass is 10.2. The number of amides is 1. The number of nitro benzene ring substituents is 1. The predicted octanol–water partition coefficient (Wildman–Crippen LogP) is 1.07. The highest BCUT2D eigenvalue weighted by Gasteiger charge is 2.04. The van der Waals surface area contributed by atoms with E-state index in [1.165, 1.54) is 24.3 Å². The maximum atomic E-state index is 11.4. The molecular weight excluding hydrogens is 234 g/mol. The molecule has 0 aliphatic heterocycles. The highest BCUT2D eigenvalue weighted by molar-refractivity contribution is 5.91. The van der Waals surface area contributed by atoms with Gasteiger partial charge in [-0.25, -0.2) is 0 Å². The third-order valence-electron chi connectivity index (χ3n) is 2.11. The molecule has 1 atom stereocenters. The molecule has 1 aromatic rings. The predicted molar refractivity (Wildman–Crippen MR) is 68.8 cm³/mol. The van der Waals surface area contributed by atoms with Crippen molar-refractivity contribution in [2.45, 2.75) is 13.0 Å². The van der Waals surface area contributed by atoms with Crippen molar-refractivity contribution in [1.82, 2.24) is 5.32 Å². The van der Waals surface area contributed by atoms with E-state index in [1.54, 1.807) is 19.1 Å². The van der Waals surface area contributed by atoms with Crippen LogP contribution in [-0.4, -0.2) is 23.4 Å². The Balaban J connectivity index is 2.64. The van der Waals surface area contributed by atoms with E-state index in [4.69, 9.17) is 5.73 Å². The summed E-state index contributed by atoms with van der Waals surface area (Å²) in [6, 6.07) is 5.93. The number of nitrogens with zero attached hydrogens (tertiary/aromatic N) is 1. The van der Waals surface area contributed by atoms with Crippen molar-refractivity contribution in [1.29, 1.82) is 0 Å². The van der Waals surface area contributed by atoms with Crippen LogP contribution in [0.1, 0.15) is 12.5 Å². The van der Waals surface area contributed by atoms with Gasteiger partial charge in [0, 0.05) is 30.8 Å². The van der Waals surface area contributed by atoms with Crippen molar-refractivity contribution < 1.29 is 9.72 Å². The molecule has 1 aromatic carbocycles. The number of nitrogens with one attached hydrogen (secondary N) is 1. The summed E-state index contributed by atoms with van der Waals surface area (Å²) in [6.45, 7) is 2.17. The third kappa shape index (κ3) is 4.75. The van der Waals surface area contributed by atoms with Crippen molar-refractivity contribution >= 4 is 17.7 Å². The van der Waals surface area contributed by atoms with E-state index in [0.29, 0.717) is 12.1 Å². The Bertz CT molecular complexity index is 469. The second-order valence-corrected chi connectivity index (χ2v) is 3.91. The number of nitro groups is 1. The van der Waals surface area contributed by atoms with Crippen molar-refractivity contribution in [3.05, 3.63) is 46.0 Å². The van der Waals surface area contributed by atoms with Crippen LogP contribution in [0, 0.1) is 10.1 Å². The summed E-state index contributed by atoms with van der Waals surface area (Å²) in [5, 5.41) is 13.2. The minimum absolute atomic E-state index is 0.00635. The molecule has 6 nitrogen and oxygen atoms in total. The molecule has 3 N–H and O–H groups in total. The van der Waals surface area contributed by atoms with Gasteiger partial charge in [-0.3, -0.25) is 14.9 Å². The number of carbonyl (C=O) groups excluding carboxylic acids is 1. The Morgan fingerprint density at radius 2 is 2.33 bits per heavy atom. The molecule has 18 heavy (non-hydrogen) atoms. The topological polar surface area (TPSA) is 98.3 Å². The number of benzene rings is 1. The van der Waals surface area contributed by atoms with Gasteiger partial charge in [0.25, 0.3) is 5.69 Å². The molecular formula is C12H15N3O3. The van der Waals surface area contributed by atoms with E-state index in [2.05, 4.69) is 5.32 Å². The molecule has 0 bridgehead atoms. The fraction of sp³-hybridized carbons (Fsp3) is 0.250. The lowest BCUT2D eigenvalue weighted by Gasteiger charge is -2.04. The monoisotopic (exact) mass is 249 g/mol. The third-order valence-corrected chi connectivity index (χ3v) is 2.11. The number of non-ortho nitro benzene ring substituents is 1. The van der Waals surface area contributed by atoms with Crippen LogP contribution in [0.15, 0.2) is 30.3 Å². The summed E-state index contributed by atoms with van der Waals surface area (Å²) in [6.07, 6.45) is 2.84. The fourth-order valence-corrected chi connectivity index (χ4v) is 1.23. The molecule has 0 aliphatic rings. The zero-order valence-corrected chi connectivity index (χ0v) is 10.00. The van der Waals surface area contributed by atoms with E-state index in [0.717, 1.165) is 0 Å². The summed E-state index contributed by atoms with van der Waals surface area (Å²) in [5.41, 5.74) is 6.08. The molecule has 0 radical (unpaired) electrons. The van der Waals surface area contributed by atoms with Crippen LogP contribution in [0.2, 0.25) is 0 Å². The van der Waals surface area contributed by atoms with Gasteiger partial charge in [0.1, 0.15) is 0 Å². The van der Waals surface area contributed by atoms with Crippen LogP contribution >= 0.6 is 0 Å². The first-order chi connectivity index (χ1) is 8.49. The zero-order chi connectivity index (χ0) is 13.5. The molecule has 6 heteroatoms. The molecule has 1 rings (SSSR count). The highest BCUT2D eigenvalue weighted by Crippen LogP contribution is 2.13.